The molecular formula is C25H31FN2O4. The van der Waals surface area contributed by atoms with E-state index < -0.39 is 6.04 Å². The van der Waals surface area contributed by atoms with E-state index >= 15 is 0 Å². The lowest BCUT2D eigenvalue weighted by Crippen LogP contribution is -2.50. The Morgan fingerprint density at radius 3 is 2.34 bits per heavy atom. The molecule has 2 aromatic carbocycles. The average molecular weight is 443 g/mol. The number of aryl methyl sites for hydroxylation is 1. The van der Waals surface area contributed by atoms with Crippen molar-refractivity contribution in [2.45, 2.75) is 58.7 Å². The summed E-state index contributed by atoms with van der Waals surface area (Å²) in [6.07, 6.45) is 1.24. The number of amides is 2. The first kappa shape index (κ1) is 23.6. The van der Waals surface area contributed by atoms with Crippen molar-refractivity contribution < 1.29 is 23.5 Å². The maximum Gasteiger partial charge on any atom is 0.243 e. The van der Waals surface area contributed by atoms with Gasteiger partial charge in [0.1, 0.15) is 25.1 Å². The van der Waals surface area contributed by atoms with E-state index in [1.54, 1.807) is 17.0 Å². The number of halogens is 1. The van der Waals surface area contributed by atoms with E-state index in [0.717, 1.165) is 11.1 Å². The Hall–Kier alpha value is -3.09. The number of ether oxygens (including phenoxy) is 2. The zero-order valence-electron chi connectivity index (χ0n) is 18.9. The van der Waals surface area contributed by atoms with Gasteiger partial charge in [-0.3, -0.25) is 9.59 Å². The lowest BCUT2D eigenvalue weighted by molar-refractivity contribution is -0.141. The van der Waals surface area contributed by atoms with Gasteiger partial charge in [0.2, 0.25) is 11.8 Å². The SMILES string of the molecule is CCC(C(=O)NC(C)C)N(Cc1ccc(F)cc1)C(=O)CCc1ccc2c(c1)OCCO2. The Labute approximate surface area is 188 Å². The number of fused-ring (bicyclic) bond motifs is 1. The first-order valence-corrected chi connectivity index (χ1v) is 11.1. The van der Waals surface area contributed by atoms with Crippen LogP contribution in [0.4, 0.5) is 4.39 Å². The molecule has 0 fully saturated rings. The molecular weight excluding hydrogens is 411 g/mol. The third-order valence-corrected chi connectivity index (χ3v) is 5.32. The van der Waals surface area contributed by atoms with Crippen LogP contribution in [0.25, 0.3) is 0 Å². The van der Waals surface area contributed by atoms with Crippen molar-refractivity contribution in [1.29, 1.82) is 0 Å². The van der Waals surface area contributed by atoms with E-state index in [9.17, 15) is 14.0 Å². The maximum absolute atomic E-state index is 13.3. The number of benzene rings is 2. The van der Waals surface area contributed by atoms with Crippen molar-refractivity contribution in [3.63, 3.8) is 0 Å². The lowest BCUT2D eigenvalue weighted by atomic mass is 10.1. The van der Waals surface area contributed by atoms with E-state index in [1.165, 1.54) is 12.1 Å². The van der Waals surface area contributed by atoms with Crippen LogP contribution in [0.2, 0.25) is 0 Å². The second kappa shape index (κ2) is 11.0. The van der Waals surface area contributed by atoms with Gasteiger partial charge in [-0.2, -0.15) is 0 Å². The van der Waals surface area contributed by atoms with E-state index in [4.69, 9.17) is 9.47 Å². The minimum atomic E-state index is -0.602. The summed E-state index contributed by atoms with van der Waals surface area (Å²) in [7, 11) is 0. The van der Waals surface area contributed by atoms with Crippen molar-refractivity contribution in [3.05, 3.63) is 59.4 Å². The smallest absolute Gasteiger partial charge is 0.243 e. The number of carbonyl (C=O) groups excluding carboxylic acids is 2. The largest absolute Gasteiger partial charge is 0.486 e. The zero-order chi connectivity index (χ0) is 23.1. The quantitative estimate of drug-likeness (QED) is 0.640. The summed E-state index contributed by atoms with van der Waals surface area (Å²) in [4.78, 5) is 27.7. The summed E-state index contributed by atoms with van der Waals surface area (Å²) >= 11 is 0. The number of hydrogen-bond donors (Lipinski definition) is 1. The third kappa shape index (κ3) is 6.22. The summed E-state index contributed by atoms with van der Waals surface area (Å²) in [6.45, 7) is 6.93. The normalized spacial score (nSPS) is 13.5. The Kier molecular flexibility index (Phi) is 8.09. The fraction of sp³-hybridized carbons (Fsp3) is 0.440. The van der Waals surface area contributed by atoms with Crippen molar-refractivity contribution >= 4 is 11.8 Å². The van der Waals surface area contributed by atoms with Gasteiger partial charge in [-0.25, -0.2) is 4.39 Å². The molecule has 32 heavy (non-hydrogen) atoms. The highest BCUT2D eigenvalue weighted by atomic mass is 19.1. The molecule has 1 aliphatic heterocycles. The topological polar surface area (TPSA) is 67.9 Å². The van der Waals surface area contributed by atoms with Gasteiger partial charge in [-0.05, 0) is 62.1 Å². The summed E-state index contributed by atoms with van der Waals surface area (Å²) < 4.78 is 24.5. The number of nitrogens with one attached hydrogen (secondary N) is 1. The molecule has 0 aromatic heterocycles. The van der Waals surface area contributed by atoms with Crippen molar-refractivity contribution in [2.24, 2.45) is 0 Å². The van der Waals surface area contributed by atoms with Gasteiger partial charge in [0.15, 0.2) is 11.5 Å². The Morgan fingerprint density at radius 1 is 1.03 bits per heavy atom. The highest BCUT2D eigenvalue weighted by Crippen LogP contribution is 2.31. The predicted octanol–water partition coefficient (Wildman–Crippen LogP) is 3.86. The Bertz CT molecular complexity index is 930. The molecule has 1 unspecified atom stereocenters. The van der Waals surface area contributed by atoms with Gasteiger partial charge in [0, 0.05) is 19.0 Å². The van der Waals surface area contributed by atoms with Crippen LogP contribution in [0.5, 0.6) is 11.5 Å². The second-order valence-electron chi connectivity index (χ2n) is 8.21. The molecule has 7 heteroatoms. The first-order valence-electron chi connectivity index (χ1n) is 11.1. The van der Waals surface area contributed by atoms with Gasteiger partial charge < -0.3 is 19.7 Å². The Balaban J connectivity index is 1.75. The molecule has 0 bridgehead atoms. The standard InChI is InChI=1S/C25H31FN2O4/c1-4-21(25(30)27-17(2)3)28(16-19-5-9-20(26)10-6-19)24(29)12-8-18-7-11-22-23(15-18)32-14-13-31-22/h5-7,9-11,15,17,21H,4,8,12-14,16H2,1-3H3,(H,27,30). The predicted molar refractivity (Wildman–Crippen MR) is 120 cm³/mol. The van der Waals surface area contributed by atoms with Gasteiger partial charge in [0.25, 0.3) is 0 Å². The summed E-state index contributed by atoms with van der Waals surface area (Å²) in [5, 5.41) is 2.91. The minimum absolute atomic E-state index is 0.0305. The van der Waals surface area contributed by atoms with Gasteiger partial charge in [-0.1, -0.05) is 25.1 Å². The minimum Gasteiger partial charge on any atom is -0.486 e. The molecule has 3 rings (SSSR count). The van der Waals surface area contributed by atoms with Crippen LogP contribution in [0, 0.1) is 5.82 Å². The van der Waals surface area contributed by atoms with E-state index in [-0.39, 0.29) is 36.6 Å². The fourth-order valence-corrected chi connectivity index (χ4v) is 3.72. The number of hydrogen-bond acceptors (Lipinski definition) is 4. The number of carbonyl (C=O) groups is 2. The molecule has 0 spiro atoms. The van der Waals surface area contributed by atoms with Gasteiger partial charge >= 0.3 is 0 Å². The molecule has 0 saturated heterocycles. The Morgan fingerprint density at radius 2 is 1.69 bits per heavy atom. The maximum atomic E-state index is 13.3. The van der Waals surface area contributed by atoms with Crippen molar-refractivity contribution in [2.75, 3.05) is 13.2 Å². The van der Waals surface area contributed by atoms with Gasteiger partial charge in [0.05, 0.1) is 0 Å². The van der Waals surface area contributed by atoms with Crippen LogP contribution in [-0.2, 0) is 22.6 Å². The van der Waals surface area contributed by atoms with Crippen molar-refractivity contribution in [3.8, 4) is 11.5 Å². The third-order valence-electron chi connectivity index (χ3n) is 5.32. The molecule has 2 aromatic rings. The summed E-state index contributed by atoms with van der Waals surface area (Å²) in [5.41, 5.74) is 1.74. The number of rotatable bonds is 9. The molecule has 0 radical (unpaired) electrons. The van der Waals surface area contributed by atoms with Crippen LogP contribution >= 0.6 is 0 Å². The molecule has 1 N–H and O–H groups in total. The highest BCUT2D eigenvalue weighted by Gasteiger charge is 2.28. The van der Waals surface area contributed by atoms with Gasteiger partial charge in [-0.15, -0.1) is 0 Å². The highest BCUT2D eigenvalue weighted by molar-refractivity contribution is 5.87. The van der Waals surface area contributed by atoms with E-state index in [1.807, 2.05) is 39.0 Å². The first-order chi connectivity index (χ1) is 15.4. The molecule has 1 atom stereocenters. The van der Waals surface area contributed by atoms with Crippen LogP contribution in [-0.4, -0.2) is 42.0 Å². The van der Waals surface area contributed by atoms with Crippen LogP contribution in [0.1, 0.15) is 44.7 Å². The molecule has 2 amide bonds. The molecule has 172 valence electrons. The second-order valence-corrected chi connectivity index (χ2v) is 8.21. The van der Waals surface area contributed by atoms with E-state index in [0.29, 0.717) is 37.6 Å². The molecule has 1 heterocycles. The number of nitrogens with zero attached hydrogens (tertiary/aromatic N) is 1. The average Bonchev–Trinajstić information content (AvgIpc) is 2.78. The van der Waals surface area contributed by atoms with Crippen molar-refractivity contribution in [1.82, 2.24) is 10.2 Å². The molecule has 0 aliphatic carbocycles. The zero-order valence-corrected chi connectivity index (χ0v) is 18.9. The van der Waals surface area contributed by atoms with Crippen LogP contribution < -0.4 is 14.8 Å². The summed E-state index contributed by atoms with van der Waals surface area (Å²) in [6, 6.07) is 11.1. The summed E-state index contributed by atoms with van der Waals surface area (Å²) in [5.74, 6) is 0.745. The van der Waals surface area contributed by atoms with Crippen LogP contribution in [0.3, 0.4) is 0 Å². The molecule has 1 aliphatic rings. The lowest BCUT2D eigenvalue weighted by Gasteiger charge is -2.31. The van der Waals surface area contributed by atoms with E-state index in [2.05, 4.69) is 5.32 Å². The molecule has 0 saturated carbocycles. The monoisotopic (exact) mass is 442 g/mol. The molecule has 6 nitrogen and oxygen atoms in total. The van der Waals surface area contributed by atoms with Crippen LogP contribution in [0.15, 0.2) is 42.5 Å². The fourth-order valence-electron chi connectivity index (χ4n) is 3.72.